The van der Waals surface area contributed by atoms with Crippen molar-refractivity contribution in [3.63, 3.8) is 0 Å². The number of ether oxygens (including phenoxy) is 2. The molecule has 0 saturated carbocycles. The van der Waals surface area contributed by atoms with Gasteiger partial charge in [-0.3, -0.25) is 13.9 Å². The summed E-state index contributed by atoms with van der Waals surface area (Å²) in [7, 11) is -2.67. The average Bonchev–Trinajstić information content (AvgIpc) is 2.94. The lowest BCUT2D eigenvalue weighted by molar-refractivity contribution is -0.140. The highest BCUT2D eigenvalue weighted by Gasteiger charge is 2.34. The number of para-hydroxylation sites is 2. The first-order valence-electron chi connectivity index (χ1n) is 13.8. The Labute approximate surface area is 249 Å². The summed E-state index contributed by atoms with van der Waals surface area (Å²) in [5.74, 6) is 0.0000373. The van der Waals surface area contributed by atoms with Crippen LogP contribution < -0.4 is 19.1 Å². The number of rotatable bonds is 12. The molecule has 0 aliphatic carbocycles. The molecular formula is C32H41N3O6S. The van der Waals surface area contributed by atoms with Crippen molar-refractivity contribution >= 4 is 27.5 Å². The maximum atomic E-state index is 14.2. The van der Waals surface area contributed by atoms with Crippen LogP contribution in [0.3, 0.4) is 0 Å². The van der Waals surface area contributed by atoms with E-state index in [-0.39, 0.29) is 23.0 Å². The Balaban J connectivity index is 2.10. The molecule has 9 nitrogen and oxygen atoms in total. The van der Waals surface area contributed by atoms with E-state index in [9.17, 15) is 18.0 Å². The normalized spacial score (nSPS) is 12.3. The van der Waals surface area contributed by atoms with E-state index in [2.05, 4.69) is 5.32 Å². The maximum absolute atomic E-state index is 14.2. The van der Waals surface area contributed by atoms with E-state index in [4.69, 9.17) is 9.47 Å². The van der Waals surface area contributed by atoms with Gasteiger partial charge in [0.05, 0.1) is 24.3 Å². The van der Waals surface area contributed by atoms with Crippen LogP contribution in [0, 0.1) is 6.92 Å². The first kappa shape index (κ1) is 32.5. The highest BCUT2D eigenvalue weighted by atomic mass is 32.2. The Morgan fingerprint density at radius 1 is 0.976 bits per heavy atom. The first-order chi connectivity index (χ1) is 19.8. The van der Waals surface area contributed by atoms with Crippen molar-refractivity contribution in [2.45, 2.75) is 64.6 Å². The van der Waals surface area contributed by atoms with Gasteiger partial charge < -0.3 is 19.7 Å². The van der Waals surface area contributed by atoms with E-state index in [0.717, 1.165) is 15.4 Å². The van der Waals surface area contributed by atoms with Gasteiger partial charge in [0, 0.05) is 12.1 Å². The summed E-state index contributed by atoms with van der Waals surface area (Å²) < 4.78 is 40.4. The minimum absolute atomic E-state index is 0.0325. The topological polar surface area (TPSA) is 105 Å². The third-order valence-electron chi connectivity index (χ3n) is 6.47. The lowest BCUT2D eigenvalue weighted by Crippen LogP contribution is -2.54. The predicted molar refractivity (Wildman–Crippen MR) is 164 cm³/mol. The van der Waals surface area contributed by atoms with Crippen LogP contribution >= 0.6 is 0 Å². The molecule has 1 N–H and O–H groups in total. The molecule has 0 heterocycles. The average molecular weight is 596 g/mol. The number of amides is 2. The Kier molecular flexibility index (Phi) is 10.6. The molecular weight excluding hydrogens is 554 g/mol. The molecule has 1 atom stereocenters. The number of hydrogen-bond acceptors (Lipinski definition) is 6. The van der Waals surface area contributed by atoms with E-state index in [1.165, 1.54) is 17.0 Å². The number of benzene rings is 3. The molecule has 3 rings (SSSR count). The monoisotopic (exact) mass is 595 g/mol. The third-order valence-corrected chi connectivity index (χ3v) is 8.25. The van der Waals surface area contributed by atoms with Gasteiger partial charge in [0.2, 0.25) is 11.8 Å². The van der Waals surface area contributed by atoms with Crippen LogP contribution in [0.4, 0.5) is 5.69 Å². The molecule has 0 aliphatic heterocycles. The van der Waals surface area contributed by atoms with Gasteiger partial charge in [-0.15, -0.1) is 0 Å². The van der Waals surface area contributed by atoms with E-state index >= 15 is 0 Å². The predicted octanol–water partition coefficient (Wildman–Crippen LogP) is 4.93. The Morgan fingerprint density at radius 2 is 1.64 bits per heavy atom. The summed E-state index contributed by atoms with van der Waals surface area (Å²) >= 11 is 0. The number of methoxy groups -OCH3 is 1. The zero-order valence-corrected chi connectivity index (χ0v) is 26.2. The third kappa shape index (κ3) is 8.25. The molecule has 42 heavy (non-hydrogen) atoms. The quantitative estimate of drug-likeness (QED) is 0.318. The molecule has 0 radical (unpaired) electrons. The van der Waals surface area contributed by atoms with Gasteiger partial charge in [0.1, 0.15) is 24.1 Å². The fraction of sp³-hybridized carbons (Fsp3) is 0.375. The summed E-state index contributed by atoms with van der Waals surface area (Å²) in [6, 6.07) is 19.4. The molecule has 10 heteroatoms. The number of carbonyl (C=O) groups is 2. The number of sulfonamides is 1. The van der Waals surface area contributed by atoms with Crippen molar-refractivity contribution in [3.8, 4) is 11.5 Å². The van der Waals surface area contributed by atoms with Gasteiger partial charge in [-0.25, -0.2) is 8.42 Å². The Hall–Kier alpha value is -4.05. The second-order valence-electron chi connectivity index (χ2n) is 11.0. The van der Waals surface area contributed by atoms with Gasteiger partial charge in [-0.1, -0.05) is 42.0 Å². The van der Waals surface area contributed by atoms with Crippen molar-refractivity contribution in [3.05, 3.63) is 83.9 Å². The smallest absolute Gasteiger partial charge is 0.264 e. The minimum atomic E-state index is -4.21. The molecule has 226 valence electrons. The second kappa shape index (κ2) is 13.7. The van der Waals surface area contributed by atoms with Gasteiger partial charge in [0.15, 0.2) is 0 Å². The second-order valence-corrected chi connectivity index (χ2v) is 12.9. The summed E-state index contributed by atoms with van der Waals surface area (Å²) in [5, 5.41) is 2.93. The standard InChI is InChI=1S/C32H41N3O6S/c1-8-41-29-15-10-9-14-28(29)35(42(38,39)27-18-16-23(2)17-19-27)22-30(36)34(24(3)31(37)33-32(4,5)6)21-25-12-11-13-26(20-25)40-7/h9-20,24H,8,21-22H2,1-7H3,(H,33,37)/t24-/m0/s1. The number of carbonyl (C=O) groups excluding carboxylic acids is 2. The fourth-order valence-electron chi connectivity index (χ4n) is 4.32. The van der Waals surface area contributed by atoms with Crippen LogP contribution in [0.15, 0.2) is 77.7 Å². The van der Waals surface area contributed by atoms with Gasteiger partial charge >= 0.3 is 0 Å². The van der Waals surface area contributed by atoms with E-state index < -0.39 is 34.1 Å². The summed E-state index contributed by atoms with van der Waals surface area (Å²) in [5.41, 5.74) is 1.31. The molecule has 0 saturated heterocycles. The minimum Gasteiger partial charge on any atom is -0.497 e. The molecule has 3 aromatic rings. The van der Waals surface area contributed by atoms with Crippen molar-refractivity contribution in [2.75, 3.05) is 24.6 Å². The zero-order chi connectivity index (χ0) is 31.1. The fourth-order valence-corrected chi connectivity index (χ4v) is 5.74. The zero-order valence-electron chi connectivity index (χ0n) is 25.4. The lowest BCUT2D eigenvalue weighted by atomic mass is 10.1. The molecule has 0 bridgehead atoms. The van der Waals surface area contributed by atoms with E-state index in [1.54, 1.807) is 75.6 Å². The Bertz CT molecular complexity index is 1480. The molecule has 0 aliphatic rings. The number of nitrogens with zero attached hydrogens (tertiary/aromatic N) is 2. The highest BCUT2D eigenvalue weighted by Crippen LogP contribution is 2.33. The van der Waals surface area contributed by atoms with Crippen molar-refractivity contribution in [1.82, 2.24) is 10.2 Å². The van der Waals surface area contributed by atoms with Crippen LogP contribution in [0.2, 0.25) is 0 Å². The molecule has 0 fully saturated rings. The van der Waals surface area contributed by atoms with Crippen LogP contribution in [-0.4, -0.2) is 57.0 Å². The molecule has 0 aromatic heterocycles. The number of hydrogen-bond donors (Lipinski definition) is 1. The molecule has 0 spiro atoms. The van der Waals surface area contributed by atoms with Crippen LogP contribution in [0.1, 0.15) is 45.7 Å². The summed E-state index contributed by atoms with van der Waals surface area (Å²) in [4.78, 5) is 28.9. The van der Waals surface area contributed by atoms with Crippen molar-refractivity contribution in [2.24, 2.45) is 0 Å². The largest absolute Gasteiger partial charge is 0.497 e. The van der Waals surface area contributed by atoms with Crippen LogP contribution in [-0.2, 0) is 26.2 Å². The summed E-state index contributed by atoms with van der Waals surface area (Å²) in [6.07, 6.45) is 0. The Morgan fingerprint density at radius 3 is 2.26 bits per heavy atom. The molecule has 3 aromatic carbocycles. The van der Waals surface area contributed by atoms with E-state index in [0.29, 0.717) is 18.1 Å². The van der Waals surface area contributed by atoms with Crippen molar-refractivity contribution < 1.29 is 27.5 Å². The first-order valence-corrected chi connectivity index (χ1v) is 15.3. The number of anilines is 1. The molecule has 0 unspecified atom stereocenters. The summed E-state index contributed by atoms with van der Waals surface area (Å²) in [6.45, 7) is 10.7. The molecule has 2 amide bonds. The van der Waals surface area contributed by atoms with Gasteiger partial charge in [-0.2, -0.15) is 0 Å². The highest BCUT2D eigenvalue weighted by molar-refractivity contribution is 7.92. The number of nitrogens with one attached hydrogen (secondary N) is 1. The van der Waals surface area contributed by atoms with Crippen LogP contribution in [0.25, 0.3) is 0 Å². The SMILES string of the molecule is CCOc1ccccc1N(CC(=O)N(Cc1cccc(OC)c1)[C@@H](C)C(=O)NC(C)(C)C)S(=O)(=O)c1ccc(C)cc1. The maximum Gasteiger partial charge on any atom is 0.264 e. The van der Waals surface area contributed by atoms with Gasteiger partial charge in [0.25, 0.3) is 10.0 Å². The van der Waals surface area contributed by atoms with Crippen LogP contribution in [0.5, 0.6) is 11.5 Å². The number of aryl methyl sites for hydroxylation is 1. The lowest BCUT2D eigenvalue weighted by Gasteiger charge is -2.33. The van der Waals surface area contributed by atoms with E-state index in [1.807, 2.05) is 33.8 Å². The van der Waals surface area contributed by atoms with Gasteiger partial charge in [-0.05, 0) is 83.5 Å². The van der Waals surface area contributed by atoms with Crippen molar-refractivity contribution in [1.29, 1.82) is 0 Å².